The Morgan fingerprint density at radius 2 is 1.95 bits per heavy atom. The number of esters is 1. The maximum atomic E-state index is 14.1. The van der Waals surface area contributed by atoms with E-state index in [-0.39, 0.29) is 35.7 Å². The fourth-order valence-electron chi connectivity index (χ4n) is 5.68. The lowest BCUT2D eigenvalue weighted by Gasteiger charge is -2.28. The molecule has 1 saturated carbocycles. The molecule has 0 bridgehead atoms. The number of pyridine rings is 1. The summed E-state index contributed by atoms with van der Waals surface area (Å²) in [5.74, 6) is -0.0154. The second-order valence-electron chi connectivity index (χ2n) is 9.78. The highest BCUT2D eigenvalue weighted by molar-refractivity contribution is 6.01. The molecule has 3 aromatic rings. The van der Waals surface area contributed by atoms with Crippen LogP contribution in [0.5, 0.6) is 5.75 Å². The first-order valence-electron chi connectivity index (χ1n) is 13.0. The monoisotopic (exact) mass is 508 g/mol. The van der Waals surface area contributed by atoms with Crippen molar-refractivity contribution in [3.63, 3.8) is 0 Å². The largest absolute Gasteiger partial charge is 0.496 e. The van der Waals surface area contributed by atoms with E-state index in [0.29, 0.717) is 36.3 Å². The number of nitrogens with one attached hydrogen (secondary N) is 1. The minimum absolute atomic E-state index is 0.0136. The standard InChI is InChI=1S/C28H33FN4O4/c1-3-37-28(35)18-6-9-20(10-7-18)31-27(34)23-17-30-33-14-12-21(16-25(23)33)32-13-4-5-24(32)22-15-19(29)8-11-26(22)36-2/h8,11-12,14-18,20,24H,3-7,9-10,13H2,1-2H3,(H,31,34)/t18?,20?,24-/m1/s1. The number of rotatable bonds is 7. The second kappa shape index (κ2) is 10.8. The molecule has 0 unspecified atom stereocenters. The molecule has 0 spiro atoms. The van der Waals surface area contributed by atoms with E-state index in [4.69, 9.17) is 9.47 Å². The van der Waals surface area contributed by atoms with E-state index >= 15 is 0 Å². The minimum atomic E-state index is -0.288. The predicted octanol–water partition coefficient (Wildman–Crippen LogP) is 4.68. The van der Waals surface area contributed by atoms with Crippen LogP contribution in [0.1, 0.15) is 67.4 Å². The smallest absolute Gasteiger partial charge is 0.308 e. The van der Waals surface area contributed by atoms with Crippen LogP contribution < -0.4 is 15.0 Å². The van der Waals surface area contributed by atoms with E-state index in [2.05, 4.69) is 15.3 Å². The summed E-state index contributed by atoms with van der Waals surface area (Å²) < 4.78 is 26.5. The molecule has 8 nitrogen and oxygen atoms in total. The van der Waals surface area contributed by atoms with Crippen molar-refractivity contribution >= 4 is 23.1 Å². The summed E-state index contributed by atoms with van der Waals surface area (Å²) in [6.07, 6.45) is 8.20. The van der Waals surface area contributed by atoms with Crippen LogP contribution in [0.15, 0.2) is 42.7 Å². The summed E-state index contributed by atoms with van der Waals surface area (Å²) in [6, 6.07) is 8.57. The lowest BCUT2D eigenvalue weighted by atomic mass is 9.86. The first kappa shape index (κ1) is 25.0. The number of hydrogen-bond donors (Lipinski definition) is 1. The third kappa shape index (κ3) is 5.12. The number of halogens is 1. The average molecular weight is 509 g/mol. The first-order valence-corrected chi connectivity index (χ1v) is 13.0. The van der Waals surface area contributed by atoms with Gasteiger partial charge in [-0.3, -0.25) is 9.59 Å². The van der Waals surface area contributed by atoms with Gasteiger partial charge in [0.25, 0.3) is 5.91 Å². The topological polar surface area (TPSA) is 85.2 Å². The van der Waals surface area contributed by atoms with Crippen LogP contribution in [0, 0.1) is 11.7 Å². The number of fused-ring (bicyclic) bond motifs is 1. The molecule has 0 radical (unpaired) electrons. The van der Waals surface area contributed by atoms with Gasteiger partial charge in [0.15, 0.2) is 0 Å². The molecule has 2 fully saturated rings. The van der Waals surface area contributed by atoms with Crippen LogP contribution >= 0.6 is 0 Å². The molecule has 1 amide bonds. The molecule has 3 heterocycles. The van der Waals surface area contributed by atoms with Gasteiger partial charge in [0.1, 0.15) is 11.6 Å². The van der Waals surface area contributed by atoms with Gasteiger partial charge in [-0.2, -0.15) is 5.10 Å². The molecule has 5 rings (SSSR count). The van der Waals surface area contributed by atoms with Gasteiger partial charge < -0.3 is 19.7 Å². The third-order valence-electron chi connectivity index (χ3n) is 7.57. The van der Waals surface area contributed by atoms with Gasteiger partial charge in [-0.05, 0) is 75.8 Å². The Morgan fingerprint density at radius 1 is 1.14 bits per heavy atom. The number of amides is 1. The predicted molar refractivity (Wildman–Crippen MR) is 137 cm³/mol. The van der Waals surface area contributed by atoms with Crippen LogP contribution in [0.4, 0.5) is 10.1 Å². The summed E-state index contributed by atoms with van der Waals surface area (Å²) in [5.41, 5.74) is 3.00. The Hall–Kier alpha value is -3.62. The molecule has 1 aliphatic heterocycles. The number of ether oxygens (including phenoxy) is 2. The Kier molecular flexibility index (Phi) is 7.30. The summed E-state index contributed by atoms with van der Waals surface area (Å²) in [5, 5.41) is 7.51. The van der Waals surface area contributed by atoms with Gasteiger partial charge in [0.05, 0.1) is 43.0 Å². The van der Waals surface area contributed by atoms with Gasteiger partial charge in [-0.25, -0.2) is 8.91 Å². The van der Waals surface area contributed by atoms with Crippen LogP contribution in [0.3, 0.4) is 0 Å². The highest BCUT2D eigenvalue weighted by Crippen LogP contribution is 2.40. The molecule has 1 saturated heterocycles. The van der Waals surface area contributed by atoms with Crippen molar-refractivity contribution in [1.82, 2.24) is 14.9 Å². The molecule has 1 aromatic carbocycles. The Balaban J connectivity index is 1.33. The highest BCUT2D eigenvalue weighted by Gasteiger charge is 2.31. The molecule has 9 heteroatoms. The molecule has 1 N–H and O–H groups in total. The zero-order valence-corrected chi connectivity index (χ0v) is 21.3. The molecule has 37 heavy (non-hydrogen) atoms. The number of nitrogens with zero attached hydrogens (tertiary/aromatic N) is 3. The van der Waals surface area contributed by atoms with Crippen molar-refractivity contribution in [2.45, 2.75) is 57.5 Å². The summed E-state index contributed by atoms with van der Waals surface area (Å²) in [4.78, 5) is 27.5. The summed E-state index contributed by atoms with van der Waals surface area (Å²) in [6.45, 7) is 3.02. The Morgan fingerprint density at radius 3 is 2.70 bits per heavy atom. The summed E-state index contributed by atoms with van der Waals surface area (Å²) in [7, 11) is 1.60. The maximum Gasteiger partial charge on any atom is 0.308 e. The lowest BCUT2D eigenvalue weighted by molar-refractivity contribution is -0.149. The number of benzene rings is 1. The minimum Gasteiger partial charge on any atom is -0.496 e. The Bertz CT molecular complexity index is 1280. The van der Waals surface area contributed by atoms with E-state index < -0.39 is 0 Å². The van der Waals surface area contributed by atoms with E-state index in [1.54, 1.807) is 30.0 Å². The summed E-state index contributed by atoms with van der Waals surface area (Å²) >= 11 is 0. The number of methoxy groups -OCH3 is 1. The average Bonchev–Trinajstić information content (AvgIpc) is 3.56. The molecule has 2 aromatic heterocycles. The highest BCUT2D eigenvalue weighted by atomic mass is 19.1. The van der Waals surface area contributed by atoms with Gasteiger partial charge in [-0.15, -0.1) is 0 Å². The number of hydrogen-bond acceptors (Lipinski definition) is 6. The normalized spacial score (nSPS) is 21.7. The van der Waals surface area contributed by atoms with Crippen LogP contribution in [-0.4, -0.2) is 47.8 Å². The SMILES string of the molecule is CCOC(=O)C1CCC(NC(=O)c2cnn3ccc(N4CCC[C@@H]4c4cc(F)ccc4OC)cc23)CC1. The van der Waals surface area contributed by atoms with Crippen LogP contribution in [-0.2, 0) is 9.53 Å². The number of carbonyl (C=O) groups is 2. The van der Waals surface area contributed by atoms with Crippen molar-refractivity contribution in [2.24, 2.45) is 5.92 Å². The van der Waals surface area contributed by atoms with Gasteiger partial charge in [0, 0.05) is 30.0 Å². The van der Waals surface area contributed by atoms with Crippen LogP contribution in [0.25, 0.3) is 5.52 Å². The zero-order chi connectivity index (χ0) is 25.9. The van der Waals surface area contributed by atoms with Crippen molar-refractivity contribution in [1.29, 1.82) is 0 Å². The van der Waals surface area contributed by atoms with E-state index in [9.17, 15) is 14.0 Å². The van der Waals surface area contributed by atoms with Gasteiger partial charge >= 0.3 is 5.97 Å². The fraction of sp³-hybridized carbons (Fsp3) is 0.464. The number of anilines is 1. The van der Waals surface area contributed by atoms with E-state index in [1.165, 1.54) is 6.07 Å². The van der Waals surface area contributed by atoms with E-state index in [0.717, 1.165) is 43.5 Å². The molecule has 2 aliphatic rings. The van der Waals surface area contributed by atoms with Gasteiger partial charge in [-0.1, -0.05) is 0 Å². The number of carbonyl (C=O) groups excluding carboxylic acids is 2. The zero-order valence-electron chi connectivity index (χ0n) is 21.3. The lowest BCUT2D eigenvalue weighted by Crippen LogP contribution is -2.39. The van der Waals surface area contributed by atoms with Crippen molar-refractivity contribution < 1.29 is 23.5 Å². The fourth-order valence-corrected chi connectivity index (χ4v) is 5.68. The Labute approximate surface area is 215 Å². The molecule has 196 valence electrons. The van der Waals surface area contributed by atoms with Crippen molar-refractivity contribution in [3.8, 4) is 5.75 Å². The first-order chi connectivity index (χ1) is 18.0. The molecule has 1 aliphatic carbocycles. The molecule has 1 atom stereocenters. The number of aromatic nitrogens is 2. The molecular formula is C28H33FN4O4. The third-order valence-corrected chi connectivity index (χ3v) is 7.57. The van der Waals surface area contributed by atoms with Crippen molar-refractivity contribution in [2.75, 3.05) is 25.2 Å². The molecular weight excluding hydrogens is 475 g/mol. The van der Waals surface area contributed by atoms with Gasteiger partial charge in [0.2, 0.25) is 0 Å². The quantitative estimate of drug-likeness (QED) is 0.467. The van der Waals surface area contributed by atoms with Crippen LogP contribution in [0.2, 0.25) is 0 Å². The maximum absolute atomic E-state index is 14.1. The van der Waals surface area contributed by atoms with E-state index in [1.807, 2.05) is 25.3 Å². The second-order valence-corrected chi connectivity index (χ2v) is 9.78. The van der Waals surface area contributed by atoms with Crippen molar-refractivity contribution in [3.05, 3.63) is 59.7 Å².